The van der Waals surface area contributed by atoms with E-state index in [1.54, 1.807) is 0 Å². The number of rotatable bonds is 0. The zero-order chi connectivity index (χ0) is 7.84. The van der Waals surface area contributed by atoms with Gasteiger partial charge in [-0.25, -0.2) is 0 Å². The number of hydrogen-bond donors (Lipinski definition) is 0. The molecule has 0 amide bonds. The summed E-state index contributed by atoms with van der Waals surface area (Å²) in [5.74, 6) is 1.88. The zero-order valence-electron chi connectivity index (χ0n) is 6.99. The Balaban J connectivity index is 2.48. The van der Waals surface area contributed by atoms with E-state index in [2.05, 4.69) is 17.4 Å². The van der Waals surface area contributed by atoms with Gasteiger partial charge in [0.05, 0.1) is 7.05 Å². The van der Waals surface area contributed by atoms with E-state index in [1.165, 1.54) is 18.7 Å². The van der Waals surface area contributed by atoms with Gasteiger partial charge in [-0.3, -0.25) is 0 Å². The molecule has 2 rings (SSSR count). The zero-order valence-corrected chi connectivity index (χ0v) is 6.99. The van der Waals surface area contributed by atoms with Gasteiger partial charge in [-0.2, -0.15) is 0 Å². The number of fused-ring (bicyclic) bond motifs is 1. The van der Waals surface area contributed by atoms with Crippen molar-refractivity contribution in [2.75, 3.05) is 0 Å². The second-order valence-electron chi connectivity index (χ2n) is 3.23. The first-order chi connectivity index (χ1) is 5.29. The summed E-state index contributed by atoms with van der Waals surface area (Å²) in [6.07, 6.45) is 2.50. The molecule has 4 nitrogen and oxygen atoms in total. The van der Waals surface area contributed by atoms with Crippen molar-refractivity contribution in [3.8, 4) is 0 Å². The molecule has 0 spiro atoms. The van der Waals surface area contributed by atoms with Gasteiger partial charge in [0.1, 0.15) is 11.8 Å². The van der Waals surface area contributed by atoms with Crippen molar-refractivity contribution in [2.24, 2.45) is 7.05 Å². The number of aryl methyl sites for hydroxylation is 2. The van der Waals surface area contributed by atoms with Crippen LogP contribution < -0.4 is 4.68 Å². The van der Waals surface area contributed by atoms with Gasteiger partial charge in [0.25, 0.3) is 5.82 Å². The van der Waals surface area contributed by atoms with Crippen molar-refractivity contribution in [1.82, 2.24) is 15.1 Å². The molecular formula is C7H13N4+. The van der Waals surface area contributed by atoms with E-state index in [9.17, 15) is 0 Å². The highest BCUT2D eigenvalue weighted by atomic mass is 15.6. The third kappa shape index (κ3) is 0.931. The quantitative estimate of drug-likeness (QED) is 0.492. The maximum absolute atomic E-state index is 4.04. The van der Waals surface area contributed by atoms with Crippen LogP contribution in [0.1, 0.15) is 31.5 Å². The monoisotopic (exact) mass is 153 g/mol. The number of hydrogen-bond acceptors (Lipinski definition) is 2. The maximum Gasteiger partial charge on any atom is 0.259 e. The van der Waals surface area contributed by atoms with Crippen LogP contribution in [0.15, 0.2) is 0 Å². The fourth-order valence-corrected chi connectivity index (χ4v) is 1.78. The molecule has 0 saturated carbocycles. The Kier molecular flexibility index (Phi) is 1.41. The van der Waals surface area contributed by atoms with E-state index in [0.717, 1.165) is 6.54 Å². The molecular weight excluding hydrogens is 140 g/mol. The summed E-state index contributed by atoms with van der Waals surface area (Å²) in [5.41, 5.74) is 0. The van der Waals surface area contributed by atoms with Crippen LogP contribution in [0, 0.1) is 0 Å². The van der Waals surface area contributed by atoms with Crippen molar-refractivity contribution in [3.63, 3.8) is 0 Å². The van der Waals surface area contributed by atoms with Gasteiger partial charge in [0, 0.05) is 5.92 Å². The van der Waals surface area contributed by atoms with Gasteiger partial charge >= 0.3 is 0 Å². The molecule has 60 valence electrons. The van der Waals surface area contributed by atoms with Crippen molar-refractivity contribution in [1.29, 1.82) is 0 Å². The van der Waals surface area contributed by atoms with Crippen LogP contribution in [0.25, 0.3) is 0 Å². The van der Waals surface area contributed by atoms with Crippen LogP contribution in [0.4, 0.5) is 0 Å². The Morgan fingerprint density at radius 1 is 1.64 bits per heavy atom. The standard InChI is InChI=1S/C7H13N4/c1-6-4-3-5-11-7(6)10(2)8-9-11/h6H,3-5H2,1-2H3/q+1. The number of nitrogens with zero attached hydrogens (tertiary/aromatic N) is 4. The van der Waals surface area contributed by atoms with Gasteiger partial charge in [-0.1, -0.05) is 11.6 Å². The molecule has 11 heavy (non-hydrogen) atoms. The topological polar surface area (TPSA) is 34.6 Å². The lowest BCUT2D eigenvalue weighted by atomic mass is 10.0. The summed E-state index contributed by atoms with van der Waals surface area (Å²) < 4.78 is 3.89. The van der Waals surface area contributed by atoms with Gasteiger partial charge in [-0.15, -0.1) is 4.68 Å². The Morgan fingerprint density at radius 3 is 3.18 bits per heavy atom. The summed E-state index contributed by atoms with van der Waals surface area (Å²) in [6.45, 7) is 3.27. The lowest BCUT2D eigenvalue weighted by molar-refractivity contribution is -0.740. The summed E-state index contributed by atoms with van der Waals surface area (Å²) >= 11 is 0. The normalized spacial score (nSPS) is 23.3. The third-order valence-electron chi connectivity index (χ3n) is 2.33. The van der Waals surface area contributed by atoms with Crippen molar-refractivity contribution in [2.45, 2.75) is 32.2 Å². The molecule has 0 fully saturated rings. The Hall–Kier alpha value is -0.930. The first kappa shape index (κ1) is 6.76. The highest BCUT2D eigenvalue weighted by Gasteiger charge is 2.27. The van der Waals surface area contributed by atoms with E-state index in [1.807, 2.05) is 16.4 Å². The largest absolute Gasteiger partial charge is 0.259 e. The predicted octanol–water partition coefficient (Wildman–Crippen LogP) is -0.0001000. The first-order valence-corrected chi connectivity index (χ1v) is 4.08. The number of aromatic nitrogens is 4. The SMILES string of the molecule is CC1CCCn2nn[n+](C)c21. The molecule has 0 N–H and O–H groups in total. The van der Waals surface area contributed by atoms with Gasteiger partial charge in [0.2, 0.25) is 0 Å². The highest BCUT2D eigenvalue weighted by molar-refractivity contribution is 4.88. The molecule has 1 aliphatic heterocycles. The second kappa shape index (κ2) is 2.29. The molecule has 0 saturated heterocycles. The molecule has 0 aliphatic carbocycles. The minimum atomic E-state index is 0.615. The fraction of sp³-hybridized carbons (Fsp3) is 0.857. The van der Waals surface area contributed by atoms with Crippen LogP contribution in [0.2, 0.25) is 0 Å². The molecule has 0 aromatic carbocycles. The van der Waals surface area contributed by atoms with Crippen molar-refractivity contribution in [3.05, 3.63) is 5.82 Å². The molecule has 0 bridgehead atoms. The molecule has 4 heteroatoms. The Labute approximate surface area is 65.8 Å². The molecule has 1 atom stereocenters. The lowest BCUT2D eigenvalue weighted by Gasteiger charge is -2.12. The molecule has 2 heterocycles. The summed E-state index contributed by atoms with van der Waals surface area (Å²) in [6, 6.07) is 0. The van der Waals surface area contributed by atoms with E-state index in [-0.39, 0.29) is 0 Å². The van der Waals surface area contributed by atoms with Crippen LogP contribution in [-0.4, -0.2) is 15.1 Å². The van der Waals surface area contributed by atoms with E-state index < -0.39 is 0 Å². The minimum Gasteiger partial charge on any atom is -0.140 e. The summed E-state index contributed by atoms with van der Waals surface area (Å²) in [5, 5.41) is 8.01. The van der Waals surface area contributed by atoms with Crippen molar-refractivity contribution >= 4 is 0 Å². The van der Waals surface area contributed by atoms with Crippen LogP contribution in [-0.2, 0) is 13.6 Å². The van der Waals surface area contributed by atoms with Crippen LogP contribution >= 0.6 is 0 Å². The van der Waals surface area contributed by atoms with E-state index in [0.29, 0.717) is 5.92 Å². The third-order valence-corrected chi connectivity index (χ3v) is 2.33. The Morgan fingerprint density at radius 2 is 2.45 bits per heavy atom. The van der Waals surface area contributed by atoms with Crippen LogP contribution in [0.5, 0.6) is 0 Å². The summed E-state index contributed by atoms with van der Waals surface area (Å²) in [4.78, 5) is 0. The van der Waals surface area contributed by atoms with Crippen molar-refractivity contribution < 1.29 is 4.68 Å². The van der Waals surface area contributed by atoms with Gasteiger partial charge in [0.15, 0.2) is 5.21 Å². The average Bonchev–Trinajstić information content (AvgIpc) is 2.34. The second-order valence-corrected chi connectivity index (χ2v) is 3.23. The highest BCUT2D eigenvalue weighted by Crippen LogP contribution is 2.21. The minimum absolute atomic E-state index is 0.615. The molecule has 0 radical (unpaired) electrons. The van der Waals surface area contributed by atoms with E-state index >= 15 is 0 Å². The molecule has 1 unspecified atom stereocenters. The molecule has 1 aliphatic rings. The smallest absolute Gasteiger partial charge is 0.140 e. The average molecular weight is 153 g/mol. The number of tetrazole rings is 1. The molecule has 1 aromatic rings. The Bertz CT molecular complexity index is 265. The maximum atomic E-state index is 4.04. The van der Waals surface area contributed by atoms with E-state index in [4.69, 9.17) is 0 Å². The van der Waals surface area contributed by atoms with Gasteiger partial charge < -0.3 is 0 Å². The first-order valence-electron chi connectivity index (χ1n) is 4.08. The lowest BCUT2D eigenvalue weighted by Crippen LogP contribution is -2.38. The summed E-state index contributed by atoms with van der Waals surface area (Å²) in [7, 11) is 1.96. The fourth-order valence-electron chi connectivity index (χ4n) is 1.78. The molecule has 1 aromatic heterocycles. The van der Waals surface area contributed by atoms with Crippen LogP contribution in [0.3, 0.4) is 0 Å². The van der Waals surface area contributed by atoms with Gasteiger partial charge in [-0.05, 0) is 12.8 Å². The predicted molar refractivity (Wildman–Crippen MR) is 38.8 cm³/mol.